The number of thiazole rings is 1. The van der Waals surface area contributed by atoms with Crippen LogP contribution in [0.4, 0.5) is 23.0 Å². The lowest BCUT2D eigenvalue weighted by molar-refractivity contribution is -0.117. The smallest absolute Gasteiger partial charge is 0.228 e. The van der Waals surface area contributed by atoms with E-state index in [0.29, 0.717) is 23.2 Å². The van der Waals surface area contributed by atoms with Crippen LogP contribution in [0.2, 0.25) is 0 Å². The normalized spacial score (nSPS) is 20.0. The molecule has 186 valence electrons. The highest BCUT2D eigenvalue weighted by Gasteiger charge is 2.36. The van der Waals surface area contributed by atoms with Crippen molar-refractivity contribution in [3.05, 3.63) is 39.5 Å². The molecule has 2 N–H and O–H groups in total. The molecule has 0 spiro atoms. The van der Waals surface area contributed by atoms with Gasteiger partial charge in [0.15, 0.2) is 11.6 Å². The lowest BCUT2D eigenvalue weighted by Gasteiger charge is -2.34. The van der Waals surface area contributed by atoms with E-state index >= 15 is 0 Å². The Bertz CT molecular complexity index is 1500. The number of carbonyl (C=O) groups excluding carboxylic acids is 2. The van der Waals surface area contributed by atoms with Gasteiger partial charge in [0.25, 0.3) is 0 Å². The van der Waals surface area contributed by atoms with Crippen molar-refractivity contribution in [3.63, 3.8) is 0 Å². The summed E-state index contributed by atoms with van der Waals surface area (Å²) < 4.78 is 22.8. The van der Waals surface area contributed by atoms with Gasteiger partial charge in [-0.05, 0) is 45.6 Å². The summed E-state index contributed by atoms with van der Waals surface area (Å²) in [6.07, 6.45) is 4.75. The number of hydrogen-bond donors (Lipinski definition) is 2. The Kier molecular flexibility index (Phi) is 4.76. The first-order chi connectivity index (χ1) is 18.5. The largest absolute Gasteiger partial charge is 0.363 e. The minimum atomic E-state index is -2.43. The Morgan fingerprint density at radius 3 is 2.75 bits per heavy atom. The minimum absolute atomic E-state index is 0.0199. The van der Waals surface area contributed by atoms with Crippen molar-refractivity contribution in [3.8, 4) is 11.3 Å². The molecule has 2 fully saturated rings. The zero-order valence-corrected chi connectivity index (χ0v) is 21.3. The molecular formula is C27H30N6O2S. The van der Waals surface area contributed by atoms with Gasteiger partial charge in [-0.15, -0.1) is 11.3 Å². The molecule has 1 aliphatic heterocycles. The predicted octanol–water partition coefficient (Wildman–Crippen LogP) is 5.98. The maximum atomic E-state index is 13.1. The van der Waals surface area contributed by atoms with Crippen LogP contribution in [-0.4, -0.2) is 33.7 Å². The Balaban J connectivity index is 1.43. The highest BCUT2D eigenvalue weighted by atomic mass is 32.1. The van der Waals surface area contributed by atoms with E-state index in [-0.39, 0.29) is 23.4 Å². The number of amides is 1. The topological polar surface area (TPSA) is 100 Å². The molecule has 0 unspecified atom stereocenters. The van der Waals surface area contributed by atoms with Gasteiger partial charge in [0.1, 0.15) is 5.82 Å². The van der Waals surface area contributed by atoms with Crippen molar-refractivity contribution in [2.24, 2.45) is 5.92 Å². The Morgan fingerprint density at radius 1 is 1.22 bits per heavy atom. The summed E-state index contributed by atoms with van der Waals surface area (Å²) in [5.74, 6) is 0.670. The Labute approximate surface area is 218 Å². The van der Waals surface area contributed by atoms with Crippen LogP contribution >= 0.6 is 11.3 Å². The van der Waals surface area contributed by atoms with Gasteiger partial charge in [0.2, 0.25) is 5.91 Å². The van der Waals surface area contributed by atoms with E-state index in [1.165, 1.54) is 28.9 Å². The molecule has 2 aliphatic carbocycles. The number of anilines is 4. The van der Waals surface area contributed by atoms with Crippen LogP contribution in [-0.2, 0) is 4.79 Å². The average Bonchev–Trinajstić information content (AvgIpc) is 3.78. The summed E-state index contributed by atoms with van der Waals surface area (Å²) in [5, 5.41) is 7.31. The summed E-state index contributed by atoms with van der Waals surface area (Å²) in [6.45, 7) is 1.62. The number of rotatable bonds is 7. The third kappa shape index (κ3) is 4.05. The van der Waals surface area contributed by atoms with Crippen LogP contribution in [0, 0.1) is 12.8 Å². The zero-order chi connectivity index (χ0) is 27.6. The summed E-state index contributed by atoms with van der Waals surface area (Å²) in [7, 11) is 2.01. The van der Waals surface area contributed by atoms with Crippen LogP contribution in [0.3, 0.4) is 0 Å². The van der Waals surface area contributed by atoms with Crippen LogP contribution < -0.4 is 15.5 Å². The van der Waals surface area contributed by atoms with Crippen molar-refractivity contribution in [1.29, 1.82) is 0 Å². The van der Waals surface area contributed by atoms with Crippen LogP contribution in [0.25, 0.3) is 11.3 Å². The first-order valence-electron chi connectivity index (χ1n) is 13.8. The predicted molar refractivity (Wildman–Crippen MR) is 142 cm³/mol. The second-order valence-electron chi connectivity index (χ2n) is 9.94. The van der Waals surface area contributed by atoms with Gasteiger partial charge in [0.05, 0.1) is 38.6 Å². The van der Waals surface area contributed by atoms with E-state index in [1.54, 1.807) is 17.4 Å². The van der Waals surface area contributed by atoms with Crippen molar-refractivity contribution in [1.82, 2.24) is 15.0 Å². The minimum Gasteiger partial charge on any atom is -0.363 e. The quantitative estimate of drug-likeness (QED) is 0.381. The zero-order valence-electron chi connectivity index (χ0n) is 23.5. The average molecular weight is 506 g/mol. The number of fused-ring (bicyclic) bond motifs is 3. The van der Waals surface area contributed by atoms with Gasteiger partial charge >= 0.3 is 0 Å². The number of nitrogens with one attached hydrogen (secondary N) is 2. The van der Waals surface area contributed by atoms with E-state index in [1.807, 2.05) is 20.0 Å². The van der Waals surface area contributed by atoms with Gasteiger partial charge in [-0.3, -0.25) is 9.59 Å². The fraction of sp³-hybridized carbons (Fsp3) is 0.444. The van der Waals surface area contributed by atoms with Crippen molar-refractivity contribution in [2.75, 3.05) is 22.6 Å². The fourth-order valence-corrected chi connectivity index (χ4v) is 5.98. The molecule has 3 aromatic rings. The Hall–Kier alpha value is -3.33. The molecule has 0 radical (unpaired) electrons. The lowest BCUT2D eigenvalue weighted by atomic mass is 9.99. The molecule has 4 heterocycles. The Morgan fingerprint density at radius 2 is 2.03 bits per heavy atom. The summed E-state index contributed by atoms with van der Waals surface area (Å²) >= 11 is 1.78. The molecule has 3 aromatic heterocycles. The number of carbonyl (C=O) groups is 2. The van der Waals surface area contributed by atoms with E-state index in [4.69, 9.17) is 14.1 Å². The molecule has 0 saturated heterocycles. The fourth-order valence-electron chi connectivity index (χ4n) is 4.64. The highest BCUT2D eigenvalue weighted by molar-refractivity contribution is 7.12. The molecule has 9 heteroatoms. The van der Waals surface area contributed by atoms with Crippen LogP contribution in [0.15, 0.2) is 18.3 Å². The molecule has 0 aromatic carbocycles. The summed E-state index contributed by atoms with van der Waals surface area (Å²) in [5.41, 5.74) is 4.04. The number of nitrogens with zero attached hydrogens (tertiary/aromatic N) is 4. The third-order valence-electron chi connectivity index (χ3n) is 7.10. The second-order valence-corrected chi connectivity index (χ2v) is 11.0. The van der Waals surface area contributed by atoms with Crippen molar-refractivity contribution < 1.29 is 13.7 Å². The molecule has 2 saturated carbocycles. The molecule has 3 aliphatic rings. The number of Topliss-reactive ketones (excluding diaryl/α,β-unsaturated/α-hetero) is 1. The van der Waals surface area contributed by atoms with E-state index in [9.17, 15) is 9.59 Å². The lowest BCUT2D eigenvalue weighted by Crippen LogP contribution is -2.27. The standard InChI is InChI=1S/C27H30N6O2S/c1-5-20(34)18-12-28-21(31-26(35)15-6-7-15)11-19(18)30-25-23-17(10-13(2)29-25)22-24(14(3)33(23)4)36-27(32-22)16-8-9-16/h10-12,14-16H,5-9H2,1-4H3,(H2,28,29,30,31,35)/t14-/m0/s1/i1D3. The van der Waals surface area contributed by atoms with Gasteiger partial charge in [-0.2, -0.15) is 0 Å². The number of aromatic nitrogens is 3. The number of aryl methyl sites for hydroxylation is 1. The van der Waals surface area contributed by atoms with Gasteiger partial charge < -0.3 is 15.5 Å². The van der Waals surface area contributed by atoms with Crippen LogP contribution in [0.5, 0.6) is 0 Å². The maximum Gasteiger partial charge on any atom is 0.228 e. The molecule has 0 bridgehead atoms. The van der Waals surface area contributed by atoms with Crippen molar-refractivity contribution in [2.45, 2.75) is 64.8 Å². The third-order valence-corrected chi connectivity index (χ3v) is 8.49. The van der Waals surface area contributed by atoms with Gasteiger partial charge in [-0.1, -0.05) is 6.85 Å². The summed E-state index contributed by atoms with van der Waals surface area (Å²) in [6, 6.07) is 3.69. The van der Waals surface area contributed by atoms with E-state index in [0.717, 1.165) is 35.5 Å². The molecule has 8 nitrogen and oxygen atoms in total. The molecule has 6 rings (SSSR count). The SMILES string of the molecule is [2H]C([2H])([2H])CC(=O)c1cnc(NC(=O)C2CC2)cc1Nc1nc(C)cc2c1N(C)[C@@H](C)c1sc(C3CC3)nc1-2. The first-order valence-corrected chi connectivity index (χ1v) is 13.2. The number of ketones is 1. The van der Waals surface area contributed by atoms with E-state index < -0.39 is 19.1 Å². The second kappa shape index (κ2) is 8.65. The van der Waals surface area contributed by atoms with E-state index in [2.05, 4.69) is 27.4 Å². The summed E-state index contributed by atoms with van der Waals surface area (Å²) in [4.78, 5) is 42.9. The highest BCUT2D eigenvalue weighted by Crippen LogP contribution is 2.52. The first kappa shape index (κ1) is 19.8. The van der Waals surface area contributed by atoms with Crippen LogP contribution in [0.1, 0.15) is 87.9 Å². The van der Waals surface area contributed by atoms with Crippen molar-refractivity contribution >= 4 is 46.0 Å². The monoisotopic (exact) mass is 505 g/mol. The van der Waals surface area contributed by atoms with Gasteiger partial charge in [-0.25, -0.2) is 15.0 Å². The number of hydrogen-bond acceptors (Lipinski definition) is 8. The molecule has 1 atom stereocenters. The maximum absolute atomic E-state index is 13.1. The molecule has 1 amide bonds. The molecular weight excluding hydrogens is 472 g/mol. The number of pyridine rings is 2. The molecule has 36 heavy (non-hydrogen) atoms. The van der Waals surface area contributed by atoms with Gasteiger partial charge in [0, 0.05) is 52.9 Å².